The number of rotatable bonds is 3. The van der Waals surface area contributed by atoms with Crippen molar-refractivity contribution in [3.05, 3.63) is 81.0 Å². The van der Waals surface area contributed by atoms with Gasteiger partial charge in [0, 0.05) is 13.2 Å². The summed E-state index contributed by atoms with van der Waals surface area (Å²) in [5.74, 6) is -0.631. The fraction of sp³-hybridized carbons (Fsp3) is 0.304. The summed E-state index contributed by atoms with van der Waals surface area (Å²) in [4.78, 5) is 28.3. The molecule has 2 atom stereocenters. The highest BCUT2D eigenvalue weighted by Crippen LogP contribution is 2.39. The van der Waals surface area contributed by atoms with Crippen molar-refractivity contribution >= 4 is 16.9 Å². The maximum Gasteiger partial charge on any atom is 0.291 e. The normalized spacial score (nSPS) is 21.2. The van der Waals surface area contributed by atoms with E-state index >= 15 is 0 Å². The Morgan fingerprint density at radius 2 is 1.93 bits per heavy atom. The lowest BCUT2D eigenvalue weighted by atomic mass is 9.98. The topological polar surface area (TPSA) is 59.8 Å². The van der Waals surface area contributed by atoms with Gasteiger partial charge in [-0.05, 0) is 49.6 Å². The van der Waals surface area contributed by atoms with Gasteiger partial charge in [-0.15, -0.1) is 0 Å². The van der Waals surface area contributed by atoms with E-state index in [4.69, 9.17) is 9.15 Å². The van der Waals surface area contributed by atoms with Gasteiger partial charge < -0.3 is 14.1 Å². The van der Waals surface area contributed by atoms with E-state index in [9.17, 15) is 14.0 Å². The first-order valence-corrected chi connectivity index (χ1v) is 9.78. The molecular weight excluding hydrogens is 373 g/mol. The summed E-state index contributed by atoms with van der Waals surface area (Å²) in [6.07, 6.45) is 1.72. The molecule has 2 aromatic carbocycles. The standard InChI is InChI=1S/C23H20FNO4/c1-13-4-9-18-17(11-13)21(26)19-20(14-5-7-15(24)8-6-14)25(23(27)22(19)29-18)12-16-3-2-10-28-16/h4-9,11,16,20H,2-3,10,12H2,1H3/t16-,20+/m1/s1. The van der Waals surface area contributed by atoms with E-state index in [0.717, 1.165) is 18.4 Å². The van der Waals surface area contributed by atoms with Gasteiger partial charge in [0.1, 0.15) is 11.4 Å². The van der Waals surface area contributed by atoms with Crippen LogP contribution in [0.25, 0.3) is 11.0 Å². The predicted molar refractivity (Wildman–Crippen MR) is 105 cm³/mol. The van der Waals surface area contributed by atoms with Crippen molar-refractivity contribution < 1.29 is 18.3 Å². The molecule has 148 valence electrons. The zero-order valence-corrected chi connectivity index (χ0v) is 16.0. The maximum atomic E-state index is 13.5. The first kappa shape index (κ1) is 18.1. The van der Waals surface area contributed by atoms with E-state index in [0.29, 0.717) is 35.2 Å². The van der Waals surface area contributed by atoms with Crippen molar-refractivity contribution in [2.75, 3.05) is 13.2 Å². The van der Waals surface area contributed by atoms with Gasteiger partial charge in [-0.25, -0.2) is 4.39 Å². The highest BCUT2D eigenvalue weighted by Gasteiger charge is 2.43. The van der Waals surface area contributed by atoms with Gasteiger partial charge in [-0.2, -0.15) is 0 Å². The second-order valence-electron chi connectivity index (χ2n) is 7.72. The van der Waals surface area contributed by atoms with E-state index in [-0.39, 0.29) is 29.0 Å². The fourth-order valence-corrected chi connectivity index (χ4v) is 4.32. The summed E-state index contributed by atoms with van der Waals surface area (Å²) in [6.45, 7) is 2.93. The maximum absolute atomic E-state index is 13.5. The molecule has 5 nitrogen and oxygen atoms in total. The Bertz CT molecular complexity index is 1160. The Morgan fingerprint density at radius 1 is 1.14 bits per heavy atom. The summed E-state index contributed by atoms with van der Waals surface area (Å²) < 4.78 is 25.2. The first-order valence-electron chi connectivity index (χ1n) is 9.78. The minimum absolute atomic E-state index is 0.0682. The minimum atomic E-state index is -0.622. The van der Waals surface area contributed by atoms with Crippen LogP contribution in [-0.4, -0.2) is 30.1 Å². The third-order valence-electron chi connectivity index (χ3n) is 5.73. The van der Waals surface area contributed by atoms with Crippen LogP contribution in [0.3, 0.4) is 0 Å². The number of amides is 1. The number of nitrogens with zero attached hydrogens (tertiary/aromatic N) is 1. The van der Waals surface area contributed by atoms with E-state index in [1.54, 1.807) is 29.2 Å². The molecule has 3 heterocycles. The quantitative estimate of drug-likeness (QED) is 0.676. The highest BCUT2D eigenvalue weighted by atomic mass is 19.1. The van der Waals surface area contributed by atoms with E-state index in [1.807, 2.05) is 13.0 Å². The van der Waals surface area contributed by atoms with Crippen molar-refractivity contribution in [2.45, 2.75) is 31.9 Å². The summed E-state index contributed by atoms with van der Waals surface area (Å²) >= 11 is 0. The average molecular weight is 393 g/mol. The molecule has 0 aliphatic carbocycles. The summed E-state index contributed by atoms with van der Waals surface area (Å²) in [5.41, 5.74) is 2.10. The number of carbonyl (C=O) groups excluding carboxylic acids is 1. The van der Waals surface area contributed by atoms with Crippen LogP contribution in [-0.2, 0) is 4.74 Å². The number of hydrogen-bond donors (Lipinski definition) is 0. The smallest absolute Gasteiger partial charge is 0.291 e. The number of ether oxygens (including phenoxy) is 1. The van der Waals surface area contributed by atoms with E-state index in [1.165, 1.54) is 12.1 Å². The SMILES string of the molecule is Cc1ccc2oc3c(c(=O)c2c1)[C@H](c1ccc(F)cc1)N(C[C@H]1CCCO1)C3=O. The lowest BCUT2D eigenvalue weighted by Crippen LogP contribution is -2.36. The van der Waals surface area contributed by atoms with Crippen LogP contribution in [0, 0.1) is 12.7 Å². The third kappa shape index (κ3) is 2.95. The van der Waals surface area contributed by atoms with Crippen LogP contribution >= 0.6 is 0 Å². The molecule has 1 amide bonds. The highest BCUT2D eigenvalue weighted by molar-refractivity contribution is 5.99. The molecule has 1 fully saturated rings. The number of hydrogen-bond acceptors (Lipinski definition) is 4. The van der Waals surface area contributed by atoms with Crippen LogP contribution in [0.1, 0.15) is 46.1 Å². The molecule has 6 heteroatoms. The molecule has 0 unspecified atom stereocenters. The summed E-state index contributed by atoms with van der Waals surface area (Å²) in [5, 5.41) is 0.447. The fourth-order valence-electron chi connectivity index (χ4n) is 4.32. The molecule has 0 spiro atoms. The number of benzene rings is 2. The predicted octanol–water partition coefficient (Wildman–Crippen LogP) is 3.96. The van der Waals surface area contributed by atoms with Gasteiger partial charge in [0.25, 0.3) is 5.91 Å². The zero-order chi connectivity index (χ0) is 20.1. The molecule has 2 aliphatic heterocycles. The van der Waals surface area contributed by atoms with E-state index < -0.39 is 6.04 Å². The molecule has 0 bridgehead atoms. The number of carbonyl (C=O) groups is 1. The van der Waals surface area contributed by atoms with Gasteiger partial charge >= 0.3 is 0 Å². The van der Waals surface area contributed by atoms with Crippen LogP contribution in [0.5, 0.6) is 0 Å². The van der Waals surface area contributed by atoms with Crippen LogP contribution in [0.4, 0.5) is 4.39 Å². The van der Waals surface area contributed by atoms with Gasteiger partial charge in [0.2, 0.25) is 5.76 Å². The van der Waals surface area contributed by atoms with Gasteiger partial charge in [0.15, 0.2) is 5.43 Å². The molecule has 5 rings (SSSR count). The second kappa shape index (κ2) is 6.81. The van der Waals surface area contributed by atoms with Crippen LogP contribution in [0.2, 0.25) is 0 Å². The largest absolute Gasteiger partial charge is 0.450 e. The monoisotopic (exact) mass is 393 g/mol. The Hall–Kier alpha value is -2.99. The van der Waals surface area contributed by atoms with Crippen molar-refractivity contribution in [1.29, 1.82) is 0 Å². The lowest BCUT2D eigenvalue weighted by molar-refractivity contribution is 0.0486. The molecule has 29 heavy (non-hydrogen) atoms. The van der Waals surface area contributed by atoms with Crippen LogP contribution < -0.4 is 5.43 Å². The van der Waals surface area contributed by atoms with Crippen molar-refractivity contribution in [3.63, 3.8) is 0 Å². The Morgan fingerprint density at radius 3 is 2.66 bits per heavy atom. The Balaban J connectivity index is 1.71. The Labute approximate surface area is 166 Å². The number of halogens is 1. The third-order valence-corrected chi connectivity index (χ3v) is 5.73. The van der Waals surface area contributed by atoms with Crippen molar-refractivity contribution in [2.24, 2.45) is 0 Å². The zero-order valence-electron chi connectivity index (χ0n) is 16.0. The average Bonchev–Trinajstić information content (AvgIpc) is 3.32. The first-order chi connectivity index (χ1) is 14.0. The van der Waals surface area contributed by atoms with Gasteiger partial charge in [-0.1, -0.05) is 23.8 Å². The molecule has 0 radical (unpaired) electrons. The molecule has 0 saturated carbocycles. The number of aryl methyl sites for hydroxylation is 1. The Kier molecular flexibility index (Phi) is 4.24. The van der Waals surface area contributed by atoms with E-state index in [2.05, 4.69) is 0 Å². The molecular formula is C23H20FNO4. The second-order valence-corrected chi connectivity index (χ2v) is 7.72. The van der Waals surface area contributed by atoms with Crippen molar-refractivity contribution in [1.82, 2.24) is 4.90 Å². The van der Waals surface area contributed by atoms with Crippen LogP contribution in [0.15, 0.2) is 51.7 Å². The number of fused-ring (bicyclic) bond motifs is 2. The molecule has 3 aromatic rings. The molecule has 0 N–H and O–H groups in total. The molecule has 2 aliphatic rings. The molecule has 1 saturated heterocycles. The van der Waals surface area contributed by atoms with Gasteiger partial charge in [-0.3, -0.25) is 9.59 Å². The van der Waals surface area contributed by atoms with Crippen molar-refractivity contribution in [3.8, 4) is 0 Å². The minimum Gasteiger partial charge on any atom is -0.450 e. The lowest BCUT2D eigenvalue weighted by Gasteiger charge is -2.27. The summed E-state index contributed by atoms with van der Waals surface area (Å²) in [6, 6.07) is 10.6. The molecule has 1 aromatic heterocycles. The van der Waals surface area contributed by atoms with Gasteiger partial charge in [0.05, 0.1) is 23.1 Å². The summed E-state index contributed by atoms with van der Waals surface area (Å²) in [7, 11) is 0.